The molecule has 1 aliphatic rings. The second-order valence-electron chi connectivity index (χ2n) is 5.62. The molecule has 3 heteroatoms. The first kappa shape index (κ1) is 14.0. The van der Waals surface area contributed by atoms with Gasteiger partial charge >= 0.3 is 0 Å². The van der Waals surface area contributed by atoms with Gasteiger partial charge in [-0.05, 0) is 30.3 Å². The maximum atomic E-state index is 5.78. The van der Waals surface area contributed by atoms with E-state index >= 15 is 0 Å². The van der Waals surface area contributed by atoms with Crippen LogP contribution in [0.25, 0.3) is 0 Å². The predicted octanol–water partition coefficient (Wildman–Crippen LogP) is 3.27. The third-order valence-corrected chi connectivity index (χ3v) is 4.11. The Hall–Kier alpha value is -2.00. The summed E-state index contributed by atoms with van der Waals surface area (Å²) in [7, 11) is 0. The second-order valence-corrected chi connectivity index (χ2v) is 5.62. The summed E-state index contributed by atoms with van der Waals surface area (Å²) in [5.41, 5.74) is 9.21. The number of anilines is 1. The summed E-state index contributed by atoms with van der Waals surface area (Å²) in [5, 5.41) is 0. The summed E-state index contributed by atoms with van der Waals surface area (Å²) in [4.78, 5) is 2.46. The van der Waals surface area contributed by atoms with Gasteiger partial charge in [0, 0.05) is 30.3 Å². The molecule has 0 bridgehead atoms. The number of rotatable bonds is 5. The Morgan fingerprint density at radius 1 is 1.14 bits per heavy atom. The molecule has 0 spiro atoms. The van der Waals surface area contributed by atoms with Crippen LogP contribution in [0.5, 0.6) is 5.75 Å². The van der Waals surface area contributed by atoms with Gasteiger partial charge in [-0.2, -0.15) is 0 Å². The van der Waals surface area contributed by atoms with Gasteiger partial charge in [-0.25, -0.2) is 0 Å². The summed E-state index contributed by atoms with van der Waals surface area (Å²) < 4.78 is 5.78. The lowest BCUT2D eigenvalue weighted by atomic mass is 10.0. The normalized spacial score (nSPS) is 16.8. The molecule has 0 aliphatic carbocycles. The molecule has 0 saturated carbocycles. The van der Waals surface area contributed by atoms with Crippen LogP contribution < -0.4 is 10.5 Å². The van der Waals surface area contributed by atoms with E-state index in [9.17, 15) is 0 Å². The van der Waals surface area contributed by atoms with E-state index in [2.05, 4.69) is 42.2 Å². The fraction of sp³-hybridized carbons (Fsp3) is 0.333. The van der Waals surface area contributed by atoms with Gasteiger partial charge in [0.1, 0.15) is 5.75 Å². The van der Waals surface area contributed by atoms with Crippen molar-refractivity contribution in [1.29, 1.82) is 0 Å². The van der Waals surface area contributed by atoms with Crippen LogP contribution in [0.4, 0.5) is 5.69 Å². The maximum Gasteiger partial charge on any atom is 0.122 e. The molecule has 21 heavy (non-hydrogen) atoms. The van der Waals surface area contributed by atoms with E-state index in [1.807, 2.05) is 18.2 Å². The Balaban J connectivity index is 1.67. The Labute approximate surface area is 126 Å². The molecule has 1 aliphatic heterocycles. The zero-order valence-electron chi connectivity index (χ0n) is 12.5. The molecule has 1 heterocycles. The van der Waals surface area contributed by atoms with Gasteiger partial charge < -0.3 is 10.5 Å². The average Bonchev–Trinajstić information content (AvgIpc) is 2.92. The Morgan fingerprint density at radius 3 is 2.67 bits per heavy atom. The number of benzene rings is 2. The first-order valence-electron chi connectivity index (χ1n) is 7.54. The lowest BCUT2D eigenvalue weighted by Crippen LogP contribution is -2.28. The minimum absolute atomic E-state index is 0.468. The summed E-state index contributed by atoms with van der Waals surface area (Å²) in [5.74, 6) is 1.51. The molecule has 1 atom stereocenters. The highest BCUT2D eigenvalue weighted by Gasteiger charge is 2.25. The number of nitrogens with zero attached hydrogens (tertiary/aromatic N) is 1. The Morgan fingerprint density at radius 2 is 1.90 bits per heavy atom. The number of hydrogen-bond donors (Lipinski definition) is 1. The highest BCUT2D eigenvalue weighted by atomic mass is 16.5. The number of likely N-dealkylation sites (N-methyl/N-ethyl adjacent to an activating group) is 1. The van der Waals surface area contributed by atoms with Crippen molar-refractivity contribution in [1.82, 2.24) is 4.90 Å². The van der Waals surface area contributed by atoms with Crippen molar-refractivity contribution in [2.75, 3.05) is 25.4 Å². The van der Waals surface area contributed by atoms with Gasteiger partial charge in [0.05, 0.1) is 6.61 Å². The molecular formula is C18H22N2O. The van der Waals surface area contributed by atoms with Crippen LogP contribution in [0.1, 0.15) is 24.0 Å². The molecule has 0 aromatic heterocycles. The molecule has 2 aromatic rings. The van der Waals surface area contributed by atoms with Crippen molar-refractivity contribution < 1.29 is 4.74 Å². The molecule has 3 rings (SSSR count). The number of hydrogen-bond acceptors (Lipinski definition) is 3. The quantitative estimate of drug-likeness (QED) is 0.855. The highest BCUT2D eigenvalue weighted by Crippen LogP contribution is 2.34. The van der Waals surface area contributed by atoms with Crippen LogP contribution in [0.3, 0.4) is 0 Å². The summed E-state index contributed by atoms with van der Waals surface area (Å²) in [6, 6.07) is 16.5. The summed E-state index contributed by atoms with van der Waals surface area (Å²) >= 11 is 0. The molecule has 3 nitrogen and oxygen atoms in total. The monoisotopic (exact) mass is 282 g/mol. The number of para-hydroxylation sites is 1. The fourth-order valence-corrected chi connectivity index (χ4v) is 2.88. The van der Waals surface area contributed by atoms with Gasteiger partial charge in [-0.1, -0.05) is 37.3 Å². The van der Waals surface area contributed by atoms with Crippen molar-refractivity contribution in [3.8, 4) is 5.75 Å². The fourth-order valence-electron chi connectivity index (χ4n) is 2.88. The van der Waals surface area contributed by atoms with E-state index < -0.39 is 0 Å². The van der Waals surface area contributed by atoms with Gasteiger partial charge in [0.15, 0.2) is 0 Å². The minimum Gasteiger partial charge on any atom is -0.493 e. The SMILES string of the molecule is CCN(Cc1ccc(N)cc1)CC1COc2ccccc21. The van der Waals surface area contributed by atoms with Crippen molar-refractivity contribution in [2.24, 2.45) is 0 Å². The van der Waals surface area contributed by atoms with Gasteiger partial charge in [-0.3, -0.25) is 4.90 Å². The van der Waals surface area contributed by atoms with Crippen LogP contribution in [0.15, 0.2) is 48.5 Å². The van der Waals surface area contributed by atoms with E-state index in [-0.39, 0.29) is 0 Å². The number of fused-ring (bicyclic) bond motifs is 1. The molecule has 0 fully saturated rings. The number of nitrogen functional groups attached to an aromatic ring is 1. The van der Waals surface area contributed by atoms with E-state index in [0.717, 1.165) is 37.7 Å². The molecule has 110 valence electrons. The maximum absolute atomic E-state index is 5.78. The molecule has 1 unspecified atom stereocenters. The third kappa shape index (κ3) is 3.19. The van der Waals surface area contributed by atoms with Crippen LogP contribution in [0.2, 0.25) is 0 Å². The Bertz CT molecular complexity index is 594. The van der Waals surface area contributed by atoms with E-state index in [0.29, 0.717) is 5.92 Å². The minimum atomic E-state index is 0.468. The van der Waals surface area contributed by atoms with Gasteiger partial charge in [-0.15, -0.1) is 0 Å². The summed E-state index contributed by atoms with van der Waals surface area (Å²) in [6.07, 6.45) is 0. The topological polar surface area (TPSA) is 38.5 Å². The largest absolute Gasteiger partial charge is 0.493 e. The van der Waals surface area contributed by atoms with Crippen molar-refractivity contribution in [3.63, 3.8) is 0 Å². The lowest BCUT2D eigenvalue weighted by molar-refractivity contribution is 0.235. The zero-order chi connectivity index (χ0) is 14.7. The second kappa shape index (κ2) is 6.19. The van der Waals surface area contributed by atoms with E-state index in [1.54, 1.807) is 0 Å². The lowest BCUT2D eigenvalue weighted by Gasteiger charge is -2.23. The van der Waals surface area contributed by atoms with Crippen LogP contribution in [-0.4, -0.2) is 24.6 Å². The Kier molecular flexibility index (Phi) is 4.11. The number of ether oxygens (including phenoxy) is 1. The smallest absolute Gasteiger partial charge is 0.122 e. The average molecular weight is 282 g/mol. The molecule has 2 aromatic carbocycles. The van der Waals surface area contributed by atoms with Gasteiger partial charge in [0.25, 0.3) is 0 Å². The van der Waals surface area contributed by atoms with Crippen molar-refractivity contribution in [3.05, 3.63) is 59.7 Å². The standard InChI is InChI=1S/C18H22N2O/c1-2-20(11-14-7-9-16(19)10-8-14)12-15-13-21-18-6-4-3-5-17(15)18/h3-10,15H,2,11-13,19H2,1H3. The molecule has 0 amide bonds. The highest BCUT2D eigenvalue weighted by molar-refractivity contribution is 5.40. The van der Waals surface area contributed by atoms with Gasteiger partial charge in [0.2, 0.25) is 0 Å². The van der Waals surface area contributed by atoms with Crippen LogP contribution in [-0.2, 0) is 6.54 Å². The molecule has 0 saturated heterocycles. The third-order valence-electron chi connectivity index (χ3n) is 4.11. The van der Waals surface area contributed by atoms with E-state index in [1.165, 1.54) is 11.1 Å². The number of nitrogens with two attached hydrogens (primary N) is 1. The van der Waals surface area contributed by atoms with E-state index in [4.69, 9.17) is 10.5 Å². The molecule has 0 radical (unpaired) electrons. The van der Waals surface area contributed by atoms with Crippen LogP contribution >= 0.6 is 0 Å². The first-order chi connectivity index (χ1) is 10.3. The molecular weight excluding hydrogens is 260 g/mol. The zero-order valence-corrected chi connectivity index (χ0v) is 12.5. The first-order valence-corrected chi connectivity index (χ1v) is 7.54. The van der Waals surface area contributed by atoms with Crippen molar-refractivity contribution >= 4 is 5.69 Å². The summed E-state index contributed by atoms with van der Waals surface area (Å²) in [6.45, 7) is 6.01. The predicted molar refractivity (Wildman–Crippen MR) is 86.5 cm³/mol. The van der Waals surface area contributed by atoms with Crippen LogP contribution in [0, 0.1) is 0 Å². The molecule has 2 N–H and O–H groups in total. The van der Waals surface area contributed by atoms with Crippen molar-refractivity contribution in [2.45, 2.75) is 19.4 Å².